The molecule has 0 radical (unpaired) electrons. The van der Waals surface area contributed by atoms with Gasteiger partial charge in [0.2, 0.25) is 15.9 Å². The van der Waals surface area contributed by atoms with Crippen LogP contribution in [0.4, 0.5) is 0 Å². The van der Waals surface area contributed by atoms with Crippen molar-refractivity contribution < 1.29 is 13.2 Å². The Kier molecular flexibility index (Phi) is 4.94. The highest BCUT2D eigenvalue weighted by atomic mass is 32.2. The fourth-order valence-electron chi connectivity index (χ4n) is 3.35. The van der Waals surface area contributed by atoms with E-state index in [4.69, 9.17) is 0 Å². The van der Waals surface area contributed by atoms with Crippen LogP contribution in [0.25, 0.3) is 11.0 Å². The summed E-state index contributed by atoms with van der Waals surface area (Å²) in [7, 11) is 0.828. The third-order valence-corrected chi connectivity index (χ3v) is 6.82. The largest absolute Gasteiger partial charge is 0.342 e. The summed E-state index contributed by atoms with van der Waals surface area (Å²) >= 11 is 0. The summed E-state index contributed by atoms with van der Waals surface area (Å²) in [4.78, 5) is 26.2. The quantitative estimate of drug-likeness (QED) is 0.774. The van der Waals surface area contributed by atoms with Crippen LogP contribution in [0.2, 0.25) is 0 Å². The minimum atomic E-state index is -3.82. The molecule has 1 aliphatic heterocycles. The zero-order valence-electron chi connectivity index (χ0n) is 15.3. The molecule has 1 saturated heterocycles. The number of hydrogen-bond donors (Lipinski definition) is 0. The Bertz CT molecular complexity index is 1000. The van der Waals surface area contributed by atoms with Gasteiger partial charge in [-0.15, -0.1) is 0 Å². The van der Waals surface area contributed by atoms with Gasteiger partial charge in [-0.25, -0.2) is 13.2 Å². The van der Waals surface area contributed by atoms with Crippen LogP contribution in [0.15, 0.2) is 27.9 Å². The van der Waals surface area contributed by atoms with E-state index in [1.165, 1.54) is 28.3 Å². The van der Waals surface area contributed by atoms with Crippen LogP contribution >= 0.6 is 0 Å². The lowest BCUT2D eigenvalue weighted by molar-refractivity contribution is -0.132. The van der Waals surface area contributed by atoms with Gasteiger partial charge >= 0.3 is 5.69 Å². The predicted octanol–water partition coefficient (Wildman–Crippen LogP) is 0.510. The van der Waals surface area contributed by atoms with E-state index in [9.17, 15) is 18.0 Å². The highest BCUT2D eigenvalue weighted by Crippen LogP contribution is 2.20. The summed E-state index contributed by atoms with van der Waals surface area (Å²) in [6.45, 7) is 1.18. The molecule has 0 N–H and O–H groups in total. The maximum absolute atomic E-state index is 12.9. The molecule has 8 nitrogen and oxygen atoms in total. The molecule has 0 atom stereocenters. The minimum Gasteiger partial charge on any atom is -0.342 e. The molecule has 3 rings (SSSR count). The predicted molar refractivity (Wildman–Crippen MR) is 98.4 cm³/mol. The maximum atomic E-state index is 12.9. The fourth-order valence-corrected chi connectivity index (χ4v) is 4.49. The lowest BCUT2D eigenvalue weighted by Crippen LogP contribution is -2.43. The SMILES string of the molecule is CN(CC(=O)N1CCCCC1)S(=O)(=O)c1ccc2c(c1)n(C)c(=O)n2C. The highest BCUT2D eigenvalue weighted by molar-refractivity contribution is 7.89. The fraction of sp³-hybridized carbons (Fsp3) is 0.529. The van der Waals surface area contributed by atoms with Gasteiger partial charge in [-0.1, -0.05) is 0 Å². The number of nitrogens with zero attached hydrogens (tertiary/aromatic N) is 4. The molecule has 0 unspecified atom stereocenters. The molecule has 1 aromatic carbocycles. The molecule has 1 aliphatic rings. The van der Waals surface area contributed by atoms with Gasteiger partial charge in [-0.2, -0.15) is 4.31 Å². The first kappa shape index (κ1) is 18.7. The third-order valence-electron chi connectivity index (χ3n) is 5.02. The van der Waals surface area contributed by atoms with Crippen LogP contribution in [-0.2, 0) is 28.9 Å². The van der Waals surface area contributed by atoms with E-state index in [1.807, 2.05) is 0 Å². The number of aromatic nitrogens is 2. The molecular weight excluding hydrogens is 356 g/mol. The van der Waals surface area contributed by atoms with Crippen LogP contribution in [0.3, 0.4) is 0 Å². The number of aryl methyl sites for hydroxylation is 2. The second kappa shape index (κ2) is 6.88. The molecule has 0 spiro atoms. The number of benzene rings is 1. The number of likely N-dealkylation sites (tertiary alicyclic amines) is 1. The number of likely N-dealkylation sites (N-methyl/N-ethyl adjacent to an activating group) is 1. The molecule has 142 valence electrons. The second-order valence-electron chi connectivity index (χ2n) is 6.75. The van der Waals surface area contributed by atoms with Gasteiger partial charge in [-0.05, 0) is 37.5 Å². The lowest BCUT2D eigenvalue weighted by Gasteiger charge is -2.28. The van der Waals surface area contributed by atoms with Crippen molar-refractivity contribution in [2.45, 2.75) is 24.2 Å². The Labute approximate surface area is 152 Å². The number of rotatable bonds is 4. The number of amides is 1. The van der Waals surface area contributed by atoms with Crippen molar-refractivity contribution in [3.05, 3.63) is 28.7 Å². The Morgan fingerprint density at radius 2 is 1.69 bits per heavy atom. The number of fused-ring (bicyclic) bond motifs is 1. The summed E-state index contributed by atoms with van der Waals surface area (Å²) in [5.74, 6) is -0.177. The van der Waals surface area contributed by atoms with Crippen molar-refractivity contribution in [1.29, 1.82) is 0 Å². The van der Waals surface area contributed by atoms with Crippen molar-refractivity contribution in [1.82, 2.24) is 18.3 Å². The van der Waals surface area contributed by atoms with Crippen LogP contribution in [-0.4, -0.2) is 59.3 Å². The van der Waals surface area contributed by atoms with E-state index in [2.05, 4.69) is 0 Å². The van der Waals surface area contributed by atoms with Crippen molar-refractivity contribution in [2.24, 2.45) is 14.1 Å². The van der Waals surface area contributed by atoms with Gasteiger partial charge in [0.1, 0.15) is 0 Å². The van der Waals surface area contributed by atoms with Crippen LogP contribution in [0.1, 0.15) is 19.3 Å². The number of imidazole rings is 1. The molecule has 2 heterocycles. The molecule has 2 aromatic rings. The van der Waals surface area contributed by atoms with Crippen molar-refractivity contribution in [2.75, 3.05) is 26.7 Å². The highest BCUT2D eigenvalue weighted by Gasteiger charge is 2.26. The average molecular weight is 380 g/mol. The number of sulfonamides is 1. The Morgan fingerprint density at radius 1 is 1.08 bits per heavy atom. The maximum Gasteiger partial charge on any atom is 0.328 e. The normalized spacial score (nSPS) is 15.8. The first-order chi connectivity index (χ1) is 12.2. The summed E-state index contributed by atoms with van der Waals surface area (Å²) < 4.78 is 29.7. The van der Waals surface area contributed by atoms with Gasteiger partial charge in [0.05, 0.1) is 22.5 Å². The third kappa shape index (κ3) is 3.16. The van der Waals surface area contributed by atoms with Gasteiger partial charge in [-0.3, -0.25) is 13.9 Å². The molecular formula is C17H24N4O4S. The van der Waals surface area contributed by atoms with Crippen LogP contribution in [0, 0.1) is 0 Å². The topological polar surface area (TPSA) is 84.6 Å². The Balaban J connectivity index is 1.87. The molecule has 1 amide bonds. The molecule has 0 bridgehead atoms. The zero-order chi connectivity index (χ0) is 19.1. The number of hydrogen-bond acceptors (Lipinski definition) is 4. The molecule has 0 saturated carbocycles. The van der Waals surface area contributed by atoms with Gasteiger partial charge in [0.15, 0.2) is 0 Å². The van der Waals surface area contributed by atoms with Gasteiger partial charge < -0.3 is 4.90 Å². The molecule has 26 heavy (non-hydrogen) atoms. The van der Waals surface area contributed by atoms with Crippen molar-refractivity contribution >= 4 is 27.0 Å². The van der Waals surface area contributed by atoms with Crippen molar-refractivity contribution in [3.63, 3.8) is 0 Å². The van der Waals surface area contributed by atoms with E-state index in [0.717, 1.165) is 23.6 Å². The second-order valence-corrected chi connectivity index (χ2v) is 8.80. The lowest BCUT2D eigenvalue weighted by atomic mass is 10.1. The van der Waals surface area contributed by atoms with Crippen LogP contribution < -0.4 is 5.69 Å². The molecule has 1 aromatic heterocycles. The number of piperidine rings is 1. The van der Waals surface area contributed by atoms with E-state index < -0.39 is 10.0 Å². The molecule has 0 aliphatic carbocycles. The van der Waals surface area contributed by atoms with E-state index in [1.54, 1.807) is 25.1 Å². The van der Waals surface area contributed by atoms with Crippen LogP contribution in [0.5, 0.6) is 0 Å². The minimum absolute atomic E-state index is 0.0696. The Morgan fingerprint density at radius 3 is 2.35 bits per heavy atom. The van der Waals surface area contributed by atoms with E-state index >= 15 is 0 Å². The number of carbonyl (C=O) groups is 1. The van der Waals surface area contributed by atoms with Gasteiger partial charge in [0, 0.05) is 34.2 Å². The zero-order valence-corrected chi connectivity index (χ0v) is 16.1. The summed E-state index contributed by atoms with van der Waals surface area (Å²) in [5.41, 5.74) is 0.973. The molecule has 9 heteroatoms. The monoisotopic (exact) mass is 380 g/mol. The standard InChI is InChI=1S/C17H24N4O4S/c1-18(12-16(22)21-9-5-4-6-10-21)26(24,25)13-7-8-14-15(11-13)20(3)17(23)19(14)2/h7-8,11H,4-6,9-10,12H2,1-3H3. The first-order valence-electron chi connectivity index (χ1n) is 8.63. The van der Waals surface area contributed by atoms with E-state index in [0.29, 0.717) is 24.1 Å². The number of carbonyl (C=O) groups excluding carboxylic acids is 1. The summed E-state index contributed by atoms with van der Waals surface area (Å²) in [6, 6.07) is 4.57. The summed E-state index contributed by atoms with van der Waals surface area (Å²) in [5, 5.41) is 0. The smallest absolute Gasteiger partial charge is 0.328 e. The first-order valence-corrected chi connectivity index (χ1v) is 10.1. The Hall–Kier alpha value is -2.13. The van der Waals surface area contributed by atoms with E-state index in [-0.39, 0.29) is 23.0 Å². The summed E-state index contributed by atoms with van der Waals surface area (Å²) in [6.07, 6.45) is 3.02. The average Bonchev–Trinajstić information content (AvgIpc) is 2.86. The molecule has 1 fully saturated rings. The van der Waals surface area contributed by atoms with Crippen molar-refractivity contribution in [3.8, 4) is 0 Å². The van der Waals surface area contributed by atoms with Gasteiger partial charge in [0.25, 0.3) is 0 Å².